The van der Waals surface area contributed by atoms with E-state index < -0.39 is 5.97 Å². The van der Waals surface area contributed by atoms with Crippen molar-refractivity contribution in [1.82, 2.24) is 4.98 Å². The molecule has 0 aliphatic rings. The van der Waals surface area contributed by atoms with E-state index in [4.69, 9.17) is 5.11 Å². The molecule has 5 heteroatoms. The van der Waals surface area contributed by atoms with Gasteiger partial charge in [-0.3, -0.25) is 14.6 Å². The van der Waals surface area contributed by atoms with Gasteiger partial charge in [-0.05, 0) is 25.5 Å². The van der Waals surface area contributed by atoms with Crippen molar-refractivity contribution in [1.29, 1.82) is 0 Å². The highest BCUT2D eigenvalue weighted by Gasteiger charge is 2.08. The molecule has 20 heavy (non-hydrogen) atoms. The molecule has 0 fully saturated rings. The summed E-state index contributed by atoms with van der Waals surface area (Å²) in [7, 11) is 0. The van der Waals surface area contributed by atoms with Gasteiger partial charge in [0.2, 0.25) is 5.91 Å². The van der Waals surface area contributed by atoms with Gasteiger partial charge < -0.3 is 10.4 Å². The van der Waals surface area contributed by atoms with Crippen molar-refractivity contribution < 1.29 is 14.7 Å². The first kappa shape index (κ1) is 14.0. The number of hydrogen-bond donors (Lipinski definition) is 2. The van der Waals surface area contributed by atoms with Crippen LogP contribution in [0.15, 0.2) is 30.3 Å². The predicted octanol–water partition coefficient (Wildman–Crippen LogP) is 2.74. The third kappa shape index (κ3) is 3.54. The fourth-order valence-corrected chi connectivity index (χ4v) is 2.02. The lowest BCUT2D eigenvalue weighted by Crippen LogP contribution is -2.12. The third-order valence-corrected chi connectivity index (χ3v) is 2.91. The van der Waals surface area contributed by atoms with Crippen LogP contribution in [0.3, 0.4) is 0 Å². The summed E-state index contributed by atoms with van der Waals surface area (Å²) in [6, 6.07) is 9.39. The van der Waals surface area contributed by atoms with Crippen molar-refractivity contribution in [3.8, 4) is 0 Å². The number of amides is 1. The number of pyridine rings is 1. The lowest BCUT2D eigenvalue weighted by molar-refractivity contribution is -0.137. The molecule has 2 rings (SSSR count). The Kier molecular flexibility index (Phi) is 4.30. The SMILES string of the molecule is Cc1cc(NC(=O)CCCC(=O)O)c2ccccc2n1. The molecular weight excluding hydrogens is 256 g/mol. The van der Waals surface area contributed by atoms with E-state index in [2.05, 4.69) is 10.3 Å². The maximum atomic E-state index is 11.8. The zero-order valence-corrected chi connectivity index (χ0v) is 11.2. The fraction of sp³-hybridized carbons (Fsp3) is 0.267. The normalized spacial score (nSPS) is 10.4. The minimum Gasteiger partial charge on any atom is -0.481 e. The van der Waals surface area contributed by atoms with Crippen molar-refractivity contribution in [2.45, 2.75) is 26.2 Å². The number of aryl methyl sites for hydroxylation is 1. The Morgan fingerprint density at radius 2 is 2.00 bits per heavy atom. The fourth-order valence-electron chi connectivity index (χ4n) is 2.02. The van der Waals surface area contributed by atoms with E-state index in [0.717, 1.165) is 16.6 Å². The van der Waals surface area contributed by atoms with E-state index in [-0.39, 0.29) is 18.7 Å². The van der Waals surface area contributed by atoms with Crippen LogP contribution in [0.2, 0.25) is 0 Å². The summed E-state index contributed by atoms with van der Waals surface area (Å²) in [6.07, 6.45) is 0.536. The average Bonchev–Trinajstić information content (AvgIpc) is 2.38. The van der Waals surface area contributed by atoms with E-state index in [0.29, 0.717) is 12.1 Å². The molecule has 0 unspecified atom stereocenters. The molecule has 104 valence electrons. The number of carboxylic acids is 1. The molecule has 0 atom stereocenters. The molecular formula is C15H16N2O3. The summed E-state index contributed by atoms with van der Waals surface area (Å²) in [5.74, 6) is -1.06. The standard InChI is InChI=1S/C15H16N2O3/c1-10-9-13(11-5-2-3-6-12(11)16-10)17-14(18)7-4-8-15(19)20/h2-3,5-6,9H,4,7-8H2,1H3,(H,19,20)(H,16,17,18). The molecule has 1 aromatic heterocycles. The second-order valence-electron chi connectivity index (χ2n) is 4.62. The lowest BCUT2D eigenvalue weighted by atomic mass is 10.1. The highest BCUT2D eigenvalue weighted by molar-refractivity contribution is 6.01. The Balaban J connectivity index is 2.13. The summed E-state index contributed by atoms with van der Waals surface area (Å²) in [5.41, 5.74) is 2.37. The molecule has 0 saturated heterocycles. The van der Waals surface area contributed by atoms with Crippen LogP contribution in [0.4, 0.5) is 5.69 Å². The Morgan fingerprint density at radius 3 is 2.75 bits per heavy atom. The predicted molar refractivity (Wildman–Crippen MR) is 76.6 cm³/mol. The molecule has 0 radical (unpaired) electrons. The zero-order valence-electron chi connectivity index (χ0n) is 11.2. The van der Waals surface area contributed by atoms with Crippen LogP contribution in [-0.2, 0) is 9.59 Å². The largest absolute Gasteiger partial charge is 0.481 e. The minimum absolute atomic E-state index is 0.00351. The number of nitrogens with zero attached hydrogens (tertiary/aromatic N) is 1. The number of aromatic nitrogens is 1. The van der Waals surface area contributed by atoms with E-state index in [1.807, 2.05) is 37.3 Å². The Bertz CT molecular complexity index is 653. The molecule has 0 saturated carbocycles. The third-order valence-electron chi connectivity index (χ3n) is 2.91. The van der Waals surface area contributed by atoms with Gasteiger partial charge in [-0.1, -0.05) is 18.2 Å². The second kappa shape index (κ2) is 6.14. The van der Waals surface area contributed by atoms with Crippen LogP contribution in [0.1, 0.15) is 25.0 Å². The van der Waals surface area contributed by atoms with Gasteiger partial charge in [-0.2, -0.15) is 0 Å². The van der Waals surface area contributed by atoms with Crippen molar-refractivity contribution in [2.75, 3.05) is 5.32 Å². The molecule has 1 aromatic carbocycles. The second-order valence-corrected chi connectivity index (χ2v) is 4.62. The number of benzene rings is 1. The van der Waals surface area contributed by atoms with Crippen LogP contribution >= 0.6 is 0 Å². The van der Waals surface area contributed by atoms with Crippen molar-refractivity contribution in [3.05, 3.63) is 36.0 Å². The summed E-state index contributed by atoms with van der Waals surface area (Å²) in [6.45, 7) is 1.87. The molecule has 0 aliphatic carbocycles. The monoisotopic (exact) mass is 272 g/mol. The summed E-state index contributed by atoms with van der Waals surface area (Å²) >= 11 is 0. The molecule has 1 heterocycles. The van der Waals surface area contributed by atoms with E-state index in [1.54, 1.807) is 0 Å². The Labute approximate surface area is 116 Å². The number of carbonyl (C=O) groups is 2. The molecule has 2 N–H and O–H groups in total. The van der Waals surface area contributed by atoms with Gasteiger partial charge in [0.25, 0.3) is 0 Å². The molecule has 1 amide bonds. The summed E-state index contributed by atoms with van der Waals surface area (Å²) in [5, 5.41) is 12.3. The quantitative estimate of drug-likeness (QED) is 0.877. The van der Waals surface area contributed by atoms with Crippen molar-refractivity contribution in [3.63, 3.8) is 0 Å². The first-order chi connectivity index (χ1) is 9.56. The smallest absolute Gasteiger partial charge is 0.303 e. The van der Waals surface area contributed by atoms with Gasteiger partial charge in [-0.25, -0.2) is 0 Å². The molecule has 5 nitrogen and oxygen atoms in total. The number of hydrogen-bond acceptors (Lipinski definition) is 3. The number of carbonyl (C=O) groups excluding carboxylic acids is 1. The van der Waals surface area contributed by atoms with Crippen molar-refractivity contribution >= 4 is 28.5 Å². The molecule has 0 bridgehead atoms. The lowest BCUT2D eigenvalue weighted by Gasteiger charge is -2.09. The van der Waals surface area contributed by atoms with Gasteiger partial charge in [0.1, 0.15) is 0 Å². The number of nitrogens with one attached hydrogen (secondary N) is 1. The number of carboxylic acid groups (broad SMARTS) is 1. The van der Waals surface area contributed by atoms with Crippen LogP contribution in [-0.4, -0.2) is 22.0 Å². The summed E-state index contributed by atoms with van der Waals surface area (Å²) < 4.78 is 0. The number of rotatable bonds is 5. The first-order valence-corrected chi connectivity index (χ1v) is 6.44. The van der Waals surface area contributed by atoms with Crippen LogP contribution < -0.4 is 5.32 Å². The number of fused-ring (bicyclic) bond motifs is 1. The van der Waals surface area contributed by atoms with Crippen molar-refractivity contribution in [2.24, 2.45) is 0 Å². The van der Waals surface area contributed by atoms with Gasteiger partial charge in [0.15, 0.2) is 0 Å². The van der Waals surface area contributed by atoms with Crippen LogP contribution in [0.5, 0.6) is 0 Å². The maximum Gasteiger partial charge on any atom is 0.303 e. The van der Waals surface area contributed by atoms with Crippen LogP contribution in [0, 0.1) is 6.92 Å². The minimum atomic E-state index is -0.886. The highest BCUT2D eigenvalue weighted by atomic mass is 16.4. The molecule has 0 spiro atoms. The van der Waals surface area contributed by atoms with E-state index >= 15 is 0 Å². The van der Waals surface area contributed by atoms with Gasteiger partial charge in [-0.15, -0.1) is 0 Å². The Morgan fingerprint density at radius 1 is 1.25 bits per heavy atom. The Hall–Kier alpha value is -2.43. The van der Waals surface area contributed by atoms with Gasteiger partial charge in [0.05, 0.1) is 11.2 Å². The average molecular weight is 272 g/mol. The van der Waals surface area contributed by atoms with Gasteiger partial charge in [0, 0.05) is 23.9 Å². The molecule has 0 aliphatic heterocycles. The summed E-state index contributed by atoms with van der Waals surface area (Å²) in [4.78, 5) is 26.6. The maximum absolute atomic E-state index is 11.8. The van der Waals surface area contributed by atoms with Crippen LogP contribution in [0.25, 0.3) is 10.9 Å². The van der Waals surface area contributed by atoms with E-state index in [1.165, 1.54) is 0 Å². The van der Waals surface area contributed by atoms with Gasteiger partial charge >= 0.3 is 5.97 Å². The number of para-hydroxylation sites is 1. The number of anilines is 1. The van der Waals surface area contributed by atoms with E-state index in [9.17, 15) is 9.59 Å². The zero-order chi connectivity index (χ0) is 14.5. The highest BCUT2D eigenvalue weighted by Crippen LogP contribution is 2.23. The first-order valence-electron chi connectivity index (χ1n) is 6.44. The number of aliphatic carboxylic acids is 1. The topological polar surface area (TPSA) is 79.3 Å². The molecule has 2 aromatic rings.